The van der Waals surface area contributed by atoms with Crippen molar-refractivity contribution < 1.29 is 24.5 Å². The Labute approximate surface area is 185 Å². The number of carbonyl (C=O) groups is 2. The maximum atomic E-state index is 12.8. The average molecular weight is 436 g/mol. The lowest BCUT2D eigenvalue weighted by Gasteiger charge is -2.19. The highest BCUT2D eigenvalue weighted by Crippen LogP contribution is 2.26. The summed E-state index contributed by atoms with van der Waals surface area (Å²) in [4.78, 5) is 24.4. The summed E-state index contributed by atoms with van der Waals surface area (Å²) in [5.74, 6) is -0.386. The van der Waals surface area contributed by atoms with E-state index >= 15 is 0 Å². The zero-order valence-corrected chi connectivity index (χ0v) is 18.7. The van der Waals surface area contributed by atoms with E-state index in [1.165, 1.54) is 11.8 Å². The number of hydrogen-bond donors (Lipinski definition) is 2. The first-order valence-electron chi connectivity index (χ1n) is 10.2. The Bertz CT molecular complexity index is 1220. The van der Waals surface area contributed by atoms with E-state index in [2.05, 4.69) is 10.6 Å². The monoisotopic (exact) mass is 436 g/mol. The Morgan fingerprint density at radius 2 is 1.81 bits per heavy atom. The first kappa shape index (κ1) is 21.5. The number of anilines is 1. The van der Waals surface area contributed by atoms with Crippen molar-refractivity contribution in [2.75, 3.05) is 12.1 Å². The fourth-order valence-corrected chi connectivity index (χ4v) is 3.40. The van der Waals surface area contributed by atoms with Gasteiger partial charge in [-0.15, -0.1) is 0 Å². The summed E-state index contributed by atoms with van der Waals surface area (Å²) in [6.07, 6.45) is 1.36. The van der Waals surface area contributed by atoms with Gasteiger partial charge in [-0.1, -0.05) is 17.2 Å². The molecule has 0 aliphatic carbocycles. The van der Waals surface area contributed by atoms with Crippen LogP contribution >= 0.6 is 0 Å². The van der Waals surface area contributed by atoms with E-state index in [9.17, 15) is 9.59 Å². The van der Waals surface area contributed by atoms with Gasteiger partial charge in [0.25, 0.3) is 0 Å². The number of aryl methyl sites for hydroxylation is 1. The van der Waals surface area contributed by atoms with E-state index in [1.54, 1.807) is 12.1 Å². The van der Waals surface area contributed by atoms with Crippen molar-refractivity contribution in [1.29, 1.82) is 0 Å². The normalized spacial score (nSPS) is 13.9. The van der Waals surface area contributed by atoms with Gasteiger partial charge >= 0.3 is 12.1 Å². The third-order valence-electron chi connectivity index (χ3n) is 4.87. The minimum Gasteiger partial charge on any atom is -0.465 e. The molecule has 9 nitrogen and oxygen atoms in total. The van der Waals surface area contributed by atoms with E-state index in [1.807, 2.05) is 74.7 Å². The minimum absolute atomic E-state index is 0.386. The van der Waals surface area contributed by atoms with Crippen LogP contribution in [0.1, 0.15) is 42.4 Å². The molecule has 0 atom stereocenters. The summed E-state index contributed by atoms with van der Waals surface area (Å²) in [6.45, 7) is 7.46. The zero-order valence-electron chi connectivity index (χ0n) is 18.7. The van der Waals surface area contributed by atoms with Crippen molar-refractivity contribution in [2.45, 2.75) is 33.3 Å². The Morgan fingerprint density at radius 1 is 1.09 bits per heavy atom. The molecule has 1 aliphatic rings. The molecule has 9 heteroatoms. The Morgan fingerprint density at radius 3 is 2.47 bits per heavy atom. The van der Waals surface area contributed by atoms with Crippen LogP contribution in [-0.2, 0) is 9.47 Å². The second kappa shape index (κ2) is 8.10. The molecule has 4 rings (SSSR count). The molecule has 0 saturated carbocycles. The quantitative estimate of drug-likeness (QED) is 0.481. The number of nitrogens with one attached hydrogen (secondary N) is 1. The van der Waals surface area contributed by atoms with Gasteiger partial charge in [0.2, 0.25) is 0 Å². The third kappa shape index (κ3) is 4.20. The number of hydrazine groups is 1. The molecule has 1 aliphatic heterocycles. The number of fused-ring (bicyclic) bond motifs is 1. The molecule has 1 aromatic heterocycles. The van der Waals surface area contributed by atoms with Crippen LogP contribution in [0.5, 0.6) is 0 Å². The number of nitrogens with zero attached hydrogens (tertiary/aromatic N) is 3. The van der Waals surface area contributed by atoms with Gasteiger partial charge in [-0.05, 0) is 64.1 Å². The molecule has 0 fully saturated rings. The Kier molecular flexibility index (Phi) is 5.45. The Balaban J connectivity index is 1.69. The predicted molar refractivity (Wildman–Crippen MR) is 119 cm³/mol. The maximum absolute atomic E-state index is 12.8. The lowest BCUT2D eigenvalue weighted by atomic mass is 10.1. The van der Waals surface area contributed by atoms with Crippen molar-refractivity contribution in [3.05, 3.63) is 65.5 Å². The number of quaternary nitrogens is 1. The van der Waals surface area contributed by atoms with Gasteiger partial charge in [-0.2, -0.15) is 9.78 Å². The van der Waals surface area contributed by atoms with E-state index in [0.717, 1.165) is 22.3 Å². The van der Waals surface area contributed by atoms with Crippen molar-refractivity contribution in [2.24, 2.45) is 0 Å². The van der Waals surface area contributed by atoms with E-state index < -0.39 is 11.7 Å². The molecule has 0 amide bonds. The van der Waals surface area contributed by atoms with Crippen LogP contribution in [0.15, 0.2) is 48.7 Å². The van der Waals surface area contributed by atoms with Gasteiger partial charge in [0.05, 0.1) is 30.1 Å². The maximum Gasteiger partial charge on any atom is 0.435 e. The summed E-state index contributed by atoms with van der Waals surface area (Å²) in [5, 5.41) is 7.25. The summed E-state index contributed by atoms with van der Waals surface area (Å²) in [7, 11) is 1.35. The summed E-state index contributed by atoms with van der Waals surface area (Å²) in [5.41, 5.74) is 8.87. The van der Waals surface area contributed by atoms with Crippen molar-refractivity contribution >= 4 is 34.3 Å². The van der Waals surface area contributed by atoms with Gasteiger partial charge in [-0.3, -0.25) is 0 Å². The van der Waals surface area contributed by atoms with Crippen LogP contribution in [0.2, 0.25) is 0 Å². The van der Waals surface area contributed by atoms with Crippen molar-refractivity contribution in [1.82, 2.24) is 15.3 Å². The number of carbonyl (C=O) groups excluding carboxylic acids is 2. The van der Waals surface area contributed by atoms with Gasteiger partial charge < -0.3 is 9.47 Å². The molecule has 3 aromatic rings. The number of nitrogens with two attached hydrogens (primary N) is 1. The van der Waals surface area contributed by atoms with E-state index in [4.69, 9.17) is 9.47 Å². The summed E-state index contributed by atoms with van der Waals surface area (Å²) in [6, 6.07) is 12.8. The summed E-state index contributed by atoms with van der Waals surface area (Å²) >= 11 is 0. The van der Waals surface area contributed by atoms with Gasteiger partial charge in [0.15, 0.2) is 11.4 Å². The molecular weight excluding hydrogens is 410 g/mol. The first-order chi connectivity index (χ1) is 15.2. The van der Waals surface area contributed by atoms with E-state index in [0.29, 0.717) is 16.8 Å². The van der Waals surface area contributed by atoms with Gasteiger partial charge in [0.1, 0.15) is 5.60 Å². The number of aromatic nitrogens is 2. The molecule has 0 saturated heterocycles. The first-order valence-corrected chi connectivity index (χ1v) is 10.2. The minimum atomic E-state index is -0.631. The number of hydrogen-bond acceptors (Lipinski definition) is 7. The molecule has 2 heterocycles. The average Bonchev–Trinajstić information content (AvgIpc) is 3.36. The standard InChI is InChI=1S/C23H25N5O4/c1-14-6-11-19-17(12-14)20(25-28(19)22(30)32-23(2,3)4)18-13-27(26-24-18)16-9-7-15(8-10-16)21(29)31-5/h6-13,24,26H,1-5H3/p+1. The van der Waals surface area contributed by atoms with Crippen molar-refractivity contribution in [3.63, 3.8) is 0 Å². The van der Waals surface area contributed by atoms with Crippen LogP contribution in [0.25, 0.3) is 16.6 Å². The molecular formula is C23H26N5O4+. The number of benzene rings is 2. The topological polar surface area (TPSA) is 102 Å². The van der Waals surface area contributed by atoms with Crippen LogP contribution < -0.4 is 16.0 Å². The lowest BCUT2D eigenvalue weighted by molar-refractivity contribution is -0.618. The van der Waals surface area contributed by atoms with Crippen molar-refractivity contribution in [3.8, 4) is 0 Å². The highest BCUT2D eigenvalue weighted by molar-refractivity contribution is 5.95. The zero-order chi connectivity index (χ0) is 23.0. The fraction of sp³-hybridized carbons (Fsp3) is 0.261. The van der Waals surface area contributed by atoms with Gasteiger partial charge in [0, 0.05) is 5.39 Å². The highest BCUT2D eigenvalue weighted by Gasteiger charge is 2.28. The van der Waals surface area contributed by atoms with Crippen LogP contribution in [0.4, 0.5) is 10.5 Å². The highest BCUT2D eigenvalue weighted by atomic mass is 16.6. The van der Waals surface area contributed by atoms with E-state index in [-0.39, 0.29) is 5.97 Å². The molecule has 166 valence electrons. The second-order valence-electron chi connectivity index (χ2n) is 8.53. The molecule has 0 bridgehead atoms. The molecule has 3 N–H and O–H groups in total. The van der Waals surface area contributed by atoms with Crippen LogP contribution in [0, 0.1) is 6.92 Å². The van der Waals surface area contributed by atoms with Crippen LogP contribution in [0.3, 0.4) is 0 Å². The molecule has 2 aromatic carbocycles. The predicted octanol–water partition coefficient (Wildman–Crippen LogP) is 2.72. The SMILES string of the molecule is COC(=O)c1ccc(N2C=C(c3nn(C(=O)OC(C)(C)C)c4ccc(C)cc34)[NH2+]N2)cc1. The van der Waals surface area contributed by atoms with Gasteiger partial charge in [-0.25, -0.2) is 20.0 Å². The summed E-state index contributed by atoms with van der Waals surface area (Å²) < 4.78 is 11.6. The Hall–Kier alpha value is -3.69. The third-order valence-corrected chi connectivity index (χ3v) is 4.87. The fourth-order valence-electron chi connectivity index (χ4n) is 3.40. The number of methoxy groups -OCH3 is 1. The second-order valence-corrected chi connectivity index (χ2v) is 8.53. The smallest absolute Gasteiger partial charge is 0.435 e. The molecule has 32 heavy (non-hydrogen) atoms. The molecule has 0 radical (unpaired) electrons. The number of esters is 1. The number of rotatable bonds is 3. The lowest BCUT2D eigenvalue weighted by Crippen LogP contribution is -2.90. The molecule has 0 unspecified atom stereocenters. The van der Waals surface area contributed by atoms with Crippen LogP contribution in [-0.4, -0.2) is 34.6 Å². The number of ether oxygens (including phenoxy) is 2. The largest absolute Gasteiger partial charge is 0.465 e. The molecule has 0 spiro atoms.